The number of ether oxygens (including phenoxy) is 2. The molecular weight excluding hydrogens is 236 g/mol. The van der Waals surface area contributed by atoms with Gasteiger partial charge in [0.1, 0.15) is 17.6 Å². The molecule has 1 atom stereocenters. The van der Waals surface area contributed by atoms with Crippen LogP contribution in [0.3, 0.4) is 0 Å². The molecule has 0 saturated carbocycles. The van der Waals surface area contributed by atoms with Gasteiger partial charge in [0.15, 0.2) is 0 Å². The lowest BCUT2D eigenvalue weighted by molar-refractivity contribution is 0.200. The van der Waals surface area contributed by atoms with Gasteiger partial charge in [-0.3, -0.25) is 0 Å². The highest BCUT2D eigenvalue weighted by molar-refractivity contribution is 5.36. The van der Waals surface area contributed by atoms with Crippen LogP contribution in [0.2, 0.25) is 0 Å². The van der Waals surface area contributed by atoms with Crippen molar-refractivity contribution in [3.63, 3.8) is 0 Å². The van der Waals surface area contributed by atoms with Crippen molar-refractivity contribution in [3.8, 4) is 11.5 Å². The SMILES string of the molecule is COc1ccc(C2CCCc3ccccc3O2)cc1. The van der Waals surface area contributed by atoms with E-state index in [2.05, 4.69) is 30.3 Å². The second-order valence-electron chi connectivity index (χ2n) is 4.88. The molecule has 19 heavy (non-hydrogen) atoms. The summed E-state index contributed by atoms with van der Waals surface area (Å²) in [5.41, 5.74) is 2.54. The lowest BCUT2D eigenvalue weighted by Gasteiger charge is -2.18. The van der Waals surface area contributed by atoms with E-state index in [1.807, 2.05) is 18.2 Å². The topological polar surface area (TPSA) is 18.5 Å². The molecule has 1 unspecified atom stereocenters. The predicted molar refractivity (Wildman–Crippen MR) is 75.7 cm³/mol. The number of methoxy groups -OCH3 is 1. The molecule has 1 aliphatic rings. The van der Waals surface area contributed by atoms with E-state index >= 15 is 0 Å². The summed E-state index contributed by atoms with van der Waals surface area (Å²) in [7, 11) is 1.69. The van der Waals surface area contributed by atoms with Gasteiger partial charge in [-0.2, -0.15) is 0 Å². The van der Waals surface area contributed by atoms with Gasteiger partial charge < -0.3 is 9.47 Å². The van der Waals surface area contributed by atoms with Crippen LogP contribution in [0, 0.1) is 0 Å². The summed E-state index contributed by atoms with van der Waals surface area (Å²) in [6, 6.07) is 16.5. The smallest absolute Gasteiger partial charge is 0.124 e. The van der Waals surface area contributed by atoms with E-state index in [-0.39, 0.29) is 6.10 Å². The van der Waals surface area contributed by atoms with Crippen LogP contribution in [0.4, 0.5) is 0 Å². The van der Waals surface area contributed by atoms with Crippen molar-refractivity contribution < 1.29 is 9.47 Å². The van der Waals surface area contributed by atoms with E-state index < -0.39 is 0 Å². The molecule has 98 valence electrons. The molecule has 0 amide bonds. The van der Waals surface area contributed by atoms with Gasteiger partial charge in [0.2, 0.25) is 0 Å². The average Bonchev–Trinajstić information content (AvgIpc) is 2.69. The Morgan fingerprint density at radius 3 is 2.63 bits per heavy atom. The third-order valence-corrected chi connectivity index (χ3v) is 3.64. The fourth-order valence-electron chi connectivity index (χ4n) is 2.57. The van der Waals surface area contributed by atoms with Crippen LogP contribution in [0.5, 0.6) is 11.5 Å². The molecule has 2 aromatic rings. The van der Waals surface area contributed by atoms with Crippen LogP contribution < -0.4 is 9.47 Å². The van der Waals surface area contributed by atoms with Crippen LogP contribution >= 0.6 is 0 Å². The van der Waals surface area contributed by atoms with Crippen molar-refractivity contribution in [1.29, 1.82) is 0 Å². The minimum atomic E-state index is 0.148. The van der Waals surface area contributed by atoms with E-state index in [9.17, 15) is 0 Å². The van der Waals surface area contributed by atoms with Crippen molar-refractivity contribution in [1.82, 2.24) is 0 Å². The van der Waals surface area contributed by atoms with Crippen molar-refractivity contribution in [2.75, 3.05) is 7.11 Å². The number of hydrogen-bond acceptors (Lipinski definition) is 2. The van der Waals surface area contributed by atoms with Gasteiger partial charge in [0.25, 0.3) is 0 Å². The van der Waals surface area contributed by atoms with Crippen molar-refractivity contribution in [2.24, 2.45) is 0 Å². The van der Waals surface area contributed by atoms with Gasteiger partial charge in [-0.1, -0.05) is 30.3 Å². The van der Waals surface area contributed by atoms with Gasteiger partial charge in [0.05, 0.1) is 7.11 Å². The second-order valence-corrected chi connectivity index (χ2v) is 4.88. The van der Waals surface area contributed by atoms with Crippen molar-refractivity contribution in [2.45, 2.75) is 25.4 Å². The highest BCUT2D eigenvalue weighted by Crippen LogP contribution is 2.33. The standard InChI is InChI=1S/C17H18O2/c1-18-15-11-9-14(10-12-15)17-8-4-6-13-5-2-3-7-16(13)19-17/h2-3,5,7,9-12,17H,4,6,8H2,1H3. The van der Waals surface area contributed by atoms with Crippen molar-refractivity contribution in [3.05, 3.63) is 59.7 Å². The lowest BCUT2D eigenvalue weighted by Crippen LogP contribution is -2.06. The first-order chi connectivity index (χ1) is 9.36. The quantitative estimate of drug-likeness (QED) is 0.801. The summed E-state index contributed by atoms with van der Waals surface area (Å²) in [5, 5.41) is 0. The summed E-state index contributed by atoms with van der Waals surface area (Å²) in [4.78, 5) is 0. The third kappa shape index (κ3) is 2.58. The summed E-state index contributed by atoms with van der Waals surface area (Å²) in [6.07, 6.45) is 3.46. The maximum absolute atomic E-state index is 6.18. The zero-order chi connectivity index (χ0) is 13.1. The fourth-order valence-corrected chi connectivity index (χ4v) is 2.57. The first kappa shape index (κ1) is 12.1. The molecule has 0 spiro atoms. The zero-order valence-electron chi connectivity index (χ0n) is 11.1. The summed E-state index contributed by atoms with van der Waals surface area (Å²) in [5.74, 6) is 1.92. The number of aryl methyl sites for hydroxylation is 1. The molecule has 1 heterocycles. The first-order valence-electron chi connectivity index (χ1n) is 6.75. The summed E-state index contributed by atoms with van der Waals surface area (Å²) >= 11 is 0. The Morgan fingerprint density at radius 1 is 1.05 bits per heavy atom. The molecule has 2 aromatic carbocycles. The molecule has 0 N–H and O–H groups in total. The minimum absolute atomic E-state index is 0.148. The predicted octanol–water partition coefficient (Wildman–Crippen LogP) is 4.15. The molecule has 0 saturated heterocycles. The monoisotopic (exact) mass is 254 g/mol. The van der Waals surface area contributed by atoms with Gasteiger partial charge in [-0.15, -0.1) is 0 Å². The van der Waals surface area contributed by atoms with Gasteiger partial charge >= 0.3 is 0 Å². The molecule has 3 rings (SSSR count). The Bertz CT molecular complexity index is 545. The van der Waals surface area contributed by atoms with E-state index in [0.717, 1.165) is 30.8 Å². The molecular formula is C17H18O2. The third-order valence-electron chi connectivity index (χ3n) is 3.64. The Kier molecular flexibility index (Phi) is 3.41. The van der Waals surface area contributed by atoms with E-state index in [1.54, 1.807) is 7.11 Å². The molecule has 1 aliphatic heterocycles. The highest BCUT2D eigenvalue weighted by atomic mass is 16.5. The average molecular weight is 254 g/mol. The number of rotatable bonds is 2. The Hall–Kier alpha value is -1.96. The van der Waals surface area contributed by atoms with Gasteiger partial charge in [0, 0.05) is 0 Å². The highest BCUT2D eigenvalue weighted by Gasteiger charge is 2.18. The summed E-state index contributed by atoms with van der Waals surface area (Å²) in [6.45, 7) is 0. The molecule has 2 nitrogen and oxygen atoms in total. The van der Waals surface area contributed by atoms with E-state index in [0.29, 0.717) is 0 Å². The largest absolute Gasteiger partial charge is 0.497 e. The van der Waals surface area contributed by atoms with Crippen LogP contribution in [0.25, 0.3) is 0 Å². The lowest BCUT2D eigenvalue weighted by atomic mass is 10.0. The fraction of sp³-hybridized carbons (Fsp3) is 0.294. The number of fused-ring (bicyclic) bond motifs is 1. The second kappa shape index (κ2) is 5.35. The van der Waals surface area contributed by atoms with Gasteiger partial charge in [-0.25, -0.2) is 0 Å². The van der Waals surface area contributed by atoms with Gasteiger partial charge in [-0.05, 0) is 48.6 Å². The van der Waals surface area contributed by atoms with Crippen molar-refractivity contribution >= 4 is 0 Å². The van der Waals surface area contributed by atoms with Crippen LogP contribution in [0.15, 0.2) is 48.5 Å². The van der Waals surface area contributed by atoms with Crippen LogP contribution in [0.1, 0.15) is 30.1 Å². The first-order valence-corrected chi connectivity index (χ1v) is 6.75. The number of para-hydroxylation sites is 1. The van der Waals surface area contributed by atoms with Crippen LogP contribution in [-0.2, 0) is 6.42 Å². The van der Waals surface area contributed by atoms with E-state index in [4.69, 9.17) is 9.47 Å². The minimum Gasteiger partial charge on any atom is -0.497 e. The Morgan fingerprint density at radius 2 is 1.84 bits per heavy atom. The molecule has 0 bridgehead atoms. The normalized spacial score (nSPS) is 18.1. The Labute approximate surface area is 114 Å². The Balaban J connectivity index is 1.85. The number of benzene rings is 2. The molecule has 0 radical (unpaired) electrons. The molecule has 0 aliphatic carbocycles. The maximum atomic E-state index is 6.18. The molecule has 0 aromatic heterocycles. The van der Waals surface area contributed by atoms with E-state index in [1.165, 1.54) is 11.1 Å². The zero-order valence-corrected chi connectivity index (χ0v) is 11.1. The van der Waals surface area contributed by atoms with Crippen LogP contribution in [-0.4, -0.2) is 7.11 Å². The number of hydrogen-bond donors (Lipinski definition) is 0. The molecule has 2 heteroatoms. The summed E-state index contributed by atoms with van der Waals surface area (Å²) < 4.78 is 11.4. The molecule has 0 fully saturated rings. The maximum Gasteiger partial charge on any atom is 0.124 e.